The van der Waals surface area contributed by atoms with E-state index in [0.29, 0.717) is 43.0 Å². The number of aromatic nitrogens is 3. The fourth-order valence-electron chi connectivity index (χ4n) is 3.59. The molecule has 29 heavy (non-hydrogen) atoms. The van der Waals surface area contributed by atoms with Gasteiger partial charge in [-0.1, -0.05) is 0 Å². The number of alkyl halides is 2. The standard InChI is InChI=1S/C20H21F2N5O2/c1-20(21,22)11-27-6-4-13(5-7-27)19(28)24-18-9-15-8-14(17-10-23-12-29-17)2-3-16(15)25-26-18/h2-3,8-10,12-13H,4-7,11H2,1H3,(H,24,26,28). The number of hydrogen-bond acceptors (Lipinski definition) is 6. The van der Waals surface area contributed by atoms with E-state index in [0.717, 1.165) is 17.9 Å². The predicted octanol–water partition coefficient (Wildman–Crippen LogP) is 3.59. The Morgan fingerprint density at radius 1 is 1.28 bits per heavy atom. The van der Waals surface area contributed by atoms with Crippen LogP contribution in [0.2, 0.25) is 0 Å². The number of hydrogen-bond donors (Lipinski definition) is 1. The molecule has 3 aromatic rings. The molecule has 1 aromatic carbocycles. The van der Waals surface area contributed by atoms with Gasteiger partial charge in [-0.05, 0) is 50.2 Å². The second kappa shape index (κ2) is 7.82. The van der Waals surface area contributed by atoms with Crippen molar-refractivity contribution in [3.63, 3.8) is 0 Å². The molecule has 1 aliphatic heterocycles. The highest BCUT2D eigenvalue weighted by Crippen LogP contribution is 2.25. The monoisotopic (exact) mass is 401 g/mol. The maximum atomic E-state index is 13.2. The minimum atomic E-state index is -2.72. The van der Waals surface area contributed by atoms with E-state index in [9.17, 15) is 13.6 Å². The Balaban J connectivity index is 1.42. The van der Waals surface area contributed by atoms with Gasteiger partial charge in [-0.25, -0.2) is 13.8 Å². The van der Waals surface area contributed by atoms with Gasteiger partial charge >= 0.3 is 0 Å². The first kappa shape index (κ1) is 19.4. The lowest BCUT2D eigenvalue weighted by atomic mass is 9.95. The van der Waals surface area contributed by atoms with Crippen LogP contribution in [0.4, 0.5) is 14.6 Å². The van der Waals surface area contributed by atoms with Crippen LogP contribution in [0, 0.1) is 5.92 Å². The first-order valence-corrected chi connectivity index (χ1v) is 9.45. The van der Waals surface area contributed by atoms with Gasteiger partial charge in [-0.15, -0.1) is 10.2 Å². The van der Waals surface area contributed by atoms with Crippen LogP contribution < -0.4 is 5.32 Å². The summed E-state index contributed by atoms with van der Waals surface area (Å²) in [5, 5.41) is 11.8. The summed E-state index contributed by atoms with van der Waals surface area (Å²) in [5.41, 5.74) is 1.54. The minimum absolute atomic E-state index is 0.159. The number of nitrogens with one attached hydrogen (secondary N) is 1. The van der Waals surface area contributed by atoms with Gasteiger partial charge < -0.3 is 9.73 Å². The van der Waals surface area contributed by atoms with Gasteiger partial charge in [0.15, 0.2) is 18.0 Å². The summed E-state index contributed by atoms with van der Waals surface area (Å²) in [6, 6.07) is 7.34. The molecule has 9 heteroatoms. The first-order chi connectivity index (χ1) is 13.9. The lowest BCUT2D eigenvalue weighted by Crippen LogP contribution is -2.42. The van der Waals surface area contributed by atoms with Gasteiger partial charge in [0.2, 0.25) is 5.91 Å². The van der Waals surface area contributed by atoms with Crippen molar-refractivity contribution in [1.82, 2.24) is 20.1 Å². The lowest BCUT2D eigenvalue weighted by molar-refractivity contribution is -0.121. The van der Waals surface area contributed by atoms with Crippen LogP contribution in [0.25, 0.3) is 22.2 Å². The summed E-state index contributed by atoms with van der Waals surface area (Å²) in [5.74, 6) is -2.11. The molecule has 1 aliphatic rings. The summed E-state index contributed by atoms with van der Waals surface area (Å²) in [6.45, 7) is 1.60. The fourth-order valence-corrected chi connectivity index (χ4v) is 3.59. The van der Waals surface area contributed by atoms with Crippen LogP contribution in [0.3, 0.4) is 0 Å². The molecule has 1 amide bonds. The smallest absolute Gasteiger partial charge is 0.257 e. The Morgan fingerprint density at radius 3 is 2.76 bits per heavy atom. The van der Waals surface area contributed by atoms with E-state index >= 15 is 0 Å². The van der Waals surface area contributed by atoms with Gasteiger partial charge in [0.25, 0.3) is 5.92 Å². The van der Waals surface area contributed by atoms with Crippen LogP contribution in [-0.4, -0.2) is 51.5 Å². The van der Waals surface area contributed by atoms with Crippen molar-refractivity contribution in [1.29, 1.82) is 0 Å². The maximum absolute atomic E-state index is 13.2. The number of fused-ring (bicyclic) bond motifs is 1. The number of nitrogens with zero attached hydrogens (tertiary/aromatic N) is 4. The molecule has 0 atom stereocenters. The highest BCUT2D eigenvalue weighted by Gasteiger charge is 2.30. The summed E-state index contributed by atoms with van der Waals surface area (Å²) in [6.07, 6.45) is 4.07. The molecule has 3 heterocycles. The lowest BCUT2D eigenvalue weighted by Gasteiger charge is -2.32. The molecule has 0 saturated carbocycles. The summed E-state index contributed by atoms with van der Waals surface area (Å²) in [7, 11) is 0. The number of anilines is 1. The highest BCUT2D eigenvalue weighted by molar-refractivity contribution is 5.94. The third kappa shape index (κ3) is 4.73. The van der Waals surface area contributed by atoms with Gasteiger partial charge in [-0.3, -0.25) is 9.69 Å². The maximum Gasteiger partial charge on any atom is 0.257 e. The number of benzene rings is 1. The largest absolute Gasteiger partial charge is 0.444 e. The van der Waals surface area contributed by atoms with Crippen molar-refractivity contribution in [2.45, 2.75) is 25.7 Å². The summed E-state index contributed by atoms with van der Waals surface area (Å²) in [4.78, 5) is 18.2. The number of amides is 1. The Hall–Kier alpha value is -2.94. The molecule has 0 radical (unpaired) electrons. The van der Waals surface area contributed by atoms with E-state index in [1.165, 1.54) is 6.39 Å². The van der Waals surface area contributed by atoms with Crippen LogP contribution in [0.5, 0.6) is 0 Å². The Labute approximate surface area is 166 Å². The Bertz CT molecular complexity index is 996. The van der Waals surface area contributed by atoms with Gasteiger partial charge in [-0.2, -0.15) is 0 Å². The molecule has 1 N–H and O–H groups in total. The number of rotatable bonds is 5. The third-order valence-electron chi connectivity index (χ3n) is 5.01. The number of carbonyl (C=O) groups is 1. The molecular formula is C20H21F2N5O2. The average molecular weight is 401 g/mol. The predicted molar refractivity (Wildman–Crippen MR) is 103 cm³/mol. The van der Waals surface area contributed by atoms with E-state index in [4.69, 9.17) is 4.42 Å². The zero-order valence-corrected chi connectivity index (χ0v) is 15.9. The molecule has 1 saturated heterocycles. The molecule has 7 nitrogen and oxygen atoms in total. The van der Waals surface area contributed by atoms with Gasteiger partial charge in [0, 0.05) is 23.8 Å². The topological polar surface area (TPSA) is 84.2 Å². The Morgan fingerprint density at radius 2 is 2.07 bits per heavy atom. The molecule has 0 unspecified atom stereocenters. The van der Waals surface area contributed by atoms with Crippen molar-refractivity contribution in [2.24, 2.45) is 5.92 Å². The number of piperidine rings is 1. The van der Waals surface area contributed by atoms with Crippen LogP contribution in [0.15, 0.2) is 41.3 Å². The molecule has 0 spiro atoms. The van der Waals surface area contributed by atoms with Crippen LogP contribution in [0.1, 0.15) is 19.8 Å². The highest BCUT2D eigenvalue weighted by atomic mass is 19.3. The molecule has 152 valence electrons. The average Bonchev–Trinajstić information content (AvgIpc) is 3.21. The fraction of sp³-hybridized carbons (Fsp3) is 0.400. The van der Waals surface area contributed by atoms with Crippen molar-refractivity contribution < 1.29 is 18.0 Å². The van der Waals surface area contributed by atoms with E-state index in [1.54, 1.807) is 17.2 Å². The van der Waals surface area contributed by atoms with Crippen molar-refractivity contribution in [2.75, 3.05) is 25.0 Å². The first-order valence-electron chi connectivity index (χ1n) is 9.45. The summed E-state index contributed by atoms with van der Waals surface area (Å²) < 4.78 is 31.6. The quantitative estimate of drug-likeness (QED) is 0.703. The minimum Gasteiger partial charge on any atom is -0.444 e. The zero-order valence-electron chi connectivity index (χ0n) is 15.9. The third-order valence-corrected chi connectivity index (χ3v) is 5.01. The molecule has 1 fully saturated rings. The van der Waals surface area contributed by atoms with E-state index < -0.39 is 5.92 Å². The SMILES string of the molecule is CC(F)(F)CN1CCC(C(=O)Nc2cc3cc(-c4cnco4)ccc3nn2)CC1. The number of carbonyl (C=O) groups excluding carboxylic acids is 1. The Kier molecular flexibility index (Phi) is 5.23. The van der Waals surface area contributed by atoms with Gasteiger partial charge in [0.05, 0.1) is 18.3 Å². The normalized spacial score (nSPS) is 16.2. The van der Waals surface area contributed by atoms with Crippen molar-refractivity contribution in [3.8, 4) is 11.3 Å². The summed E-state index contributed by atoms with van der Waals surface area (Å²) >= 11 is 0. The number of oxazole rings is 1. The molecule has 0 aliphatic carbocycles. The molecule has 2 aromatic heterocycles. The van der Waals surface area contributed by atoms with Crippen molar-refractivity contribution >= 4 is 22.6 Å². The van der Waals surface area contributed by atoms with E-state index in [-0.39, 0.29) is 18.4 Å². The second-order valence-electron chi connectivity index (χ2n) is 7.48. The number of likely N-dealkylation sites (tertiary alicyclic amines) is 1. The van der Waals surface area contributed by atoms with Crippen molar-refractivity contribution in [3.05, 3.63) is 36.9 Å². The number of halogens is 2. The molecule has 0 bridgehead atoms. The molecular weight excluding hydrogens is 380 g/mol. The van der Waals surface area contributed by atoms with E-state index in [2.05, 4.69) is 20.5 Å². The van der Waals surface area contributed by atoms with Gasteiger partial charge in [0.1, 0.15) is 0 Å². The van der Waals surface area contributed by atoms with E-state index in [1.807, 2.05) is 18.2 Å². The molecule has 4 rings (SSSR count). The van der Waals surface area contributed by atoms with Crippen LogP contribution in [-0.2, 0) is 4.79 Å². The van der Waals surface area contributed by atoms with Crippen LogP contribution >= 0.6 is 0 Å². The second-order valence-corrected chi connectivity index (χ2v) is 7.48. The zero-order chi connectivity index (χ0) is 20.4.